The lowest BCUT2D eigenvalue weighted by Gasteiger charge is -2.24. The van der Waals surface area contributed by atoms with Crippen LogP contribution in [0.3, 0.4) is 0 Å². The van der Waals surface area contributed by atoms with Gasteiger partial charge in [0.1, 0.15) is 12.3 Å². The quantitative estimate of drug-likeness (QED) is 0.233. The van der Waals surface area contributed by atoms with Crippen LogP contribution in [0.4, 0.5) is 5.69 Å². The average molecular weight is 605 g/mol. The van der Waals surface area contributed by atoms with Gasteiger partial charge in [-0.25, -0.2) is 13.8 Å². The van der Waals surface area contributed by atoms with E-state index in [2.05, 4.69) is 26.5 Å². The van der Waals surface area contributed by atoms with Crippen LogP contribution in [-0.4, -0.2) is 47.4 Å². The van der Waals surface area contributed by atoms with Gasteiger partial charge < -0.3 is 14.2 Å². The molecule has 38 heavy (non-hydrogen) atoms. The molecule has 0 saturated carbocycles. The van der Waals surface area contributed by atoms with Gasteiger partial charge in [-0.15, -0.1) is 0 Å². The lowest BCUT2D eigenvalue weighted by atomic mass is 10.2. The van der Waals surface area contributed by atoms with E-state index in [1.165, 1.54) is 25.5 Å². The Morgan fingerprint density at radius 3 is 2.26 bits per heavy atom. The van der Waals surface area contributed by atoms with Crippen LogP contribution in [-0.2, 0) is 14.8 Å². The SMILES string of the molecule is CCOc1ccc(/C=N\NC(=O)CN(c2ccc(C)cc2)S(=O)(=O)c2ccc(OC)c(Br)c2)cc1OCC. The molecule has 202 valence electrons. The summed E-state index contributed by atoms with van der Waals surface area (Å²) in [5.41, 5.74) is 4.38. The van der Waals surface area contributed by atoms with E-state index in [4.69, 9.17) is 14.2 Å². The third-order valence-electron chi connectivity index (χ3n) is 5.29. The number of hydrazone groups is 1. The van der Waals surface area contributed by atoms with Crippen molar-refractivity contribution in [2.75, 3.05) is 31.2 Å². The number of carbonyl (C=O) groups is 1. The molecular formula is C27H30BrN3O6S. The fourth-order valence-electron chi connectivity index (χ4n) is 3.45. The molecule has 0 spiro atoms. The first-order valence-corrected chi connectivity index (χ1v) is 14.1. The van der Waals surface area contributed by atoms with Gasteiger partial charge in [0.05, 0.1) is 41.6 Å². The van der Waals surface area contributed by atoms with Gasteiger partial charge in [0.15, 0.2) is 11.5 Å². The van der Waals surface area contributed by atoms with Crippen LogP contribution in [0.15, 0.2) is 75.1 Å². The molecule has 0 aliphatic heterocycles. The van der Waals surface area contributed by atoms with E-state index in [9.17, 15) is 13.2 Å². The van der Waals surface area contributed by atoms with Crippen LogP contribution >= 0.6 is 15.9 Å². The van der Waals surface area contributed by atoms with Crippen LogP contribution in [0.25, 0.3) is 0 Å². The molecule has 1 N–H and O–H groups in total. The van der Waals surface area contributed by atoms with Crippen molar-refractivity contribution in [3.05, 3.63) is 76.3 Å². The molecule has 0 aromatic heterocycles. The lowest BCUT2D eigenvalue weighted by Crippen LogP contribution is -2.39. The van der Waals surface area contributed by atoms with Gasteiger partial charge in [0.25, 0.3) is 15.9 Å². The number of carbonyl (C=O) groups excluding carboxylic acids is 1. The maximum atomic E-state index is 13.6. The summed E-state index contributed by atoms with van der Waals surface area (Å²) in [4.78, 5) is 12.8. The first kappa shape index (κ1) is 29.0. The minimum absolute atomic E-state index is 0.0000993. The normalized spacial score (nSPS) is 11.3. The number of aryl methyl sites for hydroxylation is 1. The summed E-state index contributed by atoms with van der Waals surface area (Å²) in [5.74, 6) is 1.04. The van der Waals surface area contributed by atoms with Crippen molar-refractivity contribution in [1.82, 2.24) is 5.43 Å². The molecule has 3 aromatic carbocycles. The topological polar surface area (TPSA) is 107 Å². The summed E-state index contributed by atoms with van der Waals surface area (Å²) in [6.45, 7) is 6.12. The molecule has 3 rings (SSSR count). The maximum absolute atomic E-state index is 13.6. The van der Waals surface area contributed by atoms with Crippen molar-refractivity contribution in [2.24, 2.45) is 5.10 Å². The molecule has 0 bridgehead atoms. The fraction of sp³-hybridized carbons (Fsp3) is 0.259. The second-order valence-corrected chi connectivity index (χ2v) is 10.7. The number of nitrogens with one attached hydrogen (secondary N) is 1. The molecule has 0 aliphatic rings. The molecule has 9 nitrogen and oxygen atoms in total. The lowest BCUT2D eigenvalue weighted by molar-refractivity contribution is -0.119. The fourth-order valence-corrected chi connectivity index (χ4v) is 5.59. The van der Waals surface area contributed by atoms with Crippen molar-refractivity contribution in [3.8, 4) is 17.2 Å². The summed E-state index contributed by atoms with van der Waals surface area (Å²) >= 11 is 3.33. The molecular weight excluding hydrogens is 574 g/mol. The van der Waals surface area contributed by atoms with E-state index in [0.29, 0.717) is 46.2 Å². The van der Waals surface area contributed by atoms with Crippen molar-refractivity contribution in [1.29, 1.82) is 0 Å². The second kappa shape index (κ2) is 13.3. The van der Waals surface area contributed by atoms with Crippen LogP contribution < -0.4 is 23.9 Å². The zero-order valence-corrected chi connectivity index (χ0v) is 24.0. The number of ether oxygens (including phenoxy) is 3. The van der Waals surface area contributed by atoms with Gasteiger partial charge in [-0.1, -0.05) is 17.7 Å². The Morgan fingerprint density at radius 2 is 1.63 bits per heavy atom. The molecule has 11 heteroatoms. The van der Waals surface area contributed by atoms with E-state index in [-0.39, 0.29) is 4.90 Å². The maximum Gasteiger partial charge on any atom is 0.264 e. The molecule has 0 fully saturated rings. The predicted molar refractivity (Wildman–Crippen MR) is 151 cm³/mol. The zero-order valence-electron chi connectivity index (χ0n) is 21.6. The molecule has 3 aromatic rings. The number of halogens is 1. The number of hydrogen-bond acceptors (Lipinski definition) is 7. The number of amides is 1. The first-order valence-electron chi connectivity index (χ1n) is 11.8. The summed E-state index contributed by atoms with van der Waals surface area (Å²) in [7, 11) is -2.62. The van der Waals surface area contributed by atoms with Crippen molar-refractivity contribution in [3.63, 3.8) is 0 Å². The highest BCUT2D eigenvalue weighted by molar-refractivity contribution is 9.10. The van der Waals surface area contributed by atoms with Gasteiger partial charge in [-0.2, -0.15) is 5.10 Å². The number of hydrogen-bond donors (Lipinski definition) is 1. The van der Waals surface area contributed by atoms with Crippen molar-refractivity contribution >= 4 is 43.8 Å². The van der Waals surface area contributed by atoms with Crippen LogP contribution in [0.1, 0.15) is 25.0 Å². The summed E-state index contributed by atoms with van der Waals surface area (Å²) in [6, 6.07) is 16.5. The summed E-state index contributed by atoms with van der Waals surface area (Å²) in [5, 5.41) is 4.00. The van der Waals surface area contributed by atoms with Crippen LogP contribution in [0.5, 0.6) is 17.2 Å². The largest absolute Gasteiger partial charge is 0.496 e. The van der Waals surface area contributed by atoms with E-state index >= 15 is 0 Å². The number of nitrogens with zero attached hydrogens (tertiary/aromatic N) is 2. The highest BCUT2D eigenvalue weighted by atomic mass is 79.9. The highest BCUT2D eigenvalue weighted by Gasteiger charge is 2.28. The molecule has 0 heterocycles. The van der Waals surface area contributed by atoms with Crippen LogP contribution in [0.2, 0.25) is 0 Å². The minimum atomic E-state index is -4.10. The number of methoxy groups -OCH3 is 1. The minimum Gasteiger partial charge on any atom is -0.496 e. The number of rotatable bonds is 12. The number of sulfonamides is 1. The molecule has 0 aliphatic carbocycles. The average Bonchev–Trinajstić information content (AvgIpc) is 2.89. The van der Waals surface area contributed by atoms with E-state index in [1.807, 2.05) is 20.8 Å². The van der Waals surface area contributed by atoms with E-state index < -0.39 is 22.5 Å². The summed E-state index contributed by atoms with van der Waals surface area (Å²) < 4.78 is 45.1. The summed E-state index contributed by atoms with van der Waals surface area (Å²) in [6.07, 6.45) is 1.45. The van der Waals surface area contributed by atoms with Gasteiger partial charge >= 0.3 is 0 Å². The number of anilines is 1. The third kappa shape index (κ3) is 7.26. The van der Waals surface area contributed by atoms with Gasteiger partial charge in [0, 0.05) is 0 Å². The Balaban J connectivity index is 1.83. The van der Waals surface area contributed by atoms with Gasteiger partial charge in [0.2, 0.25) is 0 Å². The first-order chi connectivity index (χ1) is 18.2. The Kier molecular flexibility index (Phi) is 10.1. The van der Waals surface area contributed by atoms with Crippen molar-refractivity contribution < 1.29 is 27.4 Å². The molecule has 1 amide bonds. The highest BCUT2D eigenvalue weighted by Crippen LogP contribution is 2.31. The molecule has 0 saturated heterocycles. The Morgan fingerprint density at radius 1 is 0.974 bits per heavy atom. The van der Waals surface area contributed by atoms with Gasteiger partial charge in [-0.05, 0) is 90.8 Å². The smallest absolute Gasteiger partial charge is 0.264 e. The van der Waals surface area contributed by atoms with Crippen LogP contribution in [0, 0.1) is 6.92 Å². The van der Waals surface area contributed by atoms with Crippen molar-refractivity contribution in [2.45, 2.75) is 25.7 Å². The Bertz CT molecular complexity index is 1390. The molecule has 0 atom stereocenters. The Labute approximate surface area is 231 Å². The third-order valence-corrected chi connectivity index (χ3v) is 7.68. The molecule has 0 unspecified atom stereocenters. The second-order valence-electron chi connectivity index (χ2n) is 8.01. The van der Waals surface area contributed by atoms with Gasteiger partial charge in [-0.3, -0.25) is 9.10 Å². The predicted octanol–water partition coefficient (Wildman–Crippen LogP) is 4.91. The molecule has 0 radical (unpaired) electrons. The number of benzene rings is 3. The monoisotopic (exact) mass is 603 g/mol. The van der Waals surface area contributed by atoms with E-state index in [1.54, 1.807) is 48.5 Å². The standard InChI is InChI=1S/C27H30BrN3O6S/c1-5-36-25-13-9-20(15-26(25)37-6-2)17-29-30-27(32)18-31(21-10-7-19(3)8-11-21)38(33,34)22-12-14-24(35-4)23(28)16-22/h7-17H,5-6,18H2,1-4H3,(H,30,32)/b29-17-. The van der Waals surface area contributed by atoms with E-state index in [0.717, 1.165) is 9.87 Å². The Hall–Kier alpha value is -3.57. The zero-order chi connectivity index (χ0) is 27.7.